The summed E-state index contributed by atoms with van der Waals surface area (Å²) in [6.45, 7) is 12.1. The molecule has 4 amide bonds. The fourth-order valence-electron chi connectivity index (χ4n) is 10.2. The first-order valence-corrected chi connectivity index (χ1v) is 33.0. The van der Waals surface area contributed by atoms with E-state index in [1.165, 1.54) is 72.3 Å². The average Bonchev–Trinajstić information content (AvgIpc) is 0.790. The van der Waals surface area contributed by atoms with Gasteiger partial charge in [0.2, 0.25) is 5.97 Å². The number of hydrogen-bond donors (Lipinski definition) is 3. The van der Waals surface area contributed by atoms with Crippen LogP contribution < -0.4 is 45.5 Å². The summed E-state index contributed by atoms with van der Waals surface area (Å²) in [6, 6.07) is 28.6. The number of likely N-dealkylation sites (N-methyl/N-ethyl adjacent to an activating group) is 4. The van der Waals surface area contributed by atoms with Crippen molar-refractivity contribution in [1.29, 1.82) is 0 Å². The van der Waals surface area contributed by atoms with Gasteiger partial charge < -0.3 is 66.9 Å². The standard InChI is InChI=1S/C34H43N3O6.C28H30N2O6.C6H13NO.C4H6O4.C2H3BO2.ClH.Na/c1-34(33(40)35-2,30(38)24-43-31-7-5-6-22-42-31)36(3)32(39)28-16-14-26(15-17-28)9-8-25-10-12-27(13-11-25)23-37-20-18-29(41-4)19-21-37;1-28(27(34)29-2,24(32)19-36-25-6-4-5-17-35-25)30(3)26(33)23-15-13-21(14-16-23)8-7-20-9-11-22(18-31)12-10-20;1-8-6-2-4-7-5-3-6;1-3(5)7-8-4(2)6;1-2(4)5-3;;/h10-17,29,31H,5-7,18-24H2,1-4H3,(H,35,40);9-16,18,25H,4-6,17,19H2,1-3H3,(H,29,34);6-7H,2-5H2,1H3;1-2H3;1H3;1H;/q;;;;-1;;+1/t31?,34-;25?,28-;;;;;/m11...../s1. The van der Waals surface area contributed by atoms with Gasteiger partial charge >= 0.3 is 41.5 Å². The minimum absolute atomic E-state index is 0. The van der Waals surface area contributed by atoms with Crippen LogP contribution in [0.2, 0.25) is 0 Å². The predicted octanol–water partition coefficient (Wildman–Crippen LogP) is 3.45. The molecule has 0 bridgehead atoms. The number of benzene rings is 4. The summed E-state index contributed by atoms with van der Waals surface area (Å²) in [5.74, 6) is 7.36. The maximum Gasteiger partial charge on any atom is 1.00 e. The Morgan fingerprint density at radius 1 is 0.569 bits per heavy atom. The van der Waals surface area contributed by atoms with Gasteiger partial charge in [-0.25, -0.2) is 19.4 Å². The number of likely N-dealkylation sites (tertiary alicyclic amines) is 1. The first-order valence-electron chi connectivity index (χ1n) is 33.0. The van der Waals surface area contributed by atoms with E-state index in [4.69, 9.17) is 28.4 Å². The molecule has 102 heavy (non-hydrogen) atoms. The second kappa shape index (κ2) is 48.3. The summed E-state index contributed by atoms with van der Waals surface area (Å²) in [5.41, 5.74) is 2.02. The molecule has 25 nitrogen and oxygen atoms in total. The van der Waals surface area contributed by atoms with E-state index in [1.54, 1.807) is 87.0 Å². The van der Waals surface area contributed by atoms with Crippen molar-refractivity contribution in [3.8, 4) is 23.7 Å². The van der Waals surface area contributed by atoms with E-state index in [2.05, 4.69) is 79.1 Å². The van der Waals surface area contributed by atoms with Gasteiger partial charge in [-0.1, -0.05) is 47.9 Å². The van der Waals surface area contributed by atoms with E-state index in [1.807, 2.05) is 12.1 Å². The first-order chi connectivity index (χ1) is 47.9. The van der Waals surface area contributed by atoms with Crippen LogP contribution in [-0.2, 0) is 83.0 Å². The monoisotopic (exact) mass is 1440 g/mol. The third-order valence-electron chi connectivity index (χ3n) is 16.8. The molecule has 3 radical (unpaired) electrons. The normalized spacial score (nSPS) is 16.7. The Bertz CT molecular complexity index is 3420. The van der Waals surface area contributed by atoms with Gasteiger partial charge in [-0.15, -0.1) is 12.4 Å². The number of aldehydes is 1. The summed E-state index contributed by atoms with van der Waals surface area (Å²) < 4.78 is 36.5. The summed E-state index contributed by atoms with van der Waals surface area (Å²) in [4.78, 5) is 131. The molecule has 4 fully saturated rings. The van der Waals surface area contributed by atoms with Crippen molar-refractivity contribution in [1.82, 2.24) is 30.7 Å². The number of ether oxygens (including phenoxy) is 6. The summed E-state index contributed by atoms with van der Waals surface area (Å²) >= 11 is 0. The maximum atomic E-state index is 13.4. The van der Waals surface area contributed by atoms with Crippen LogP contribution in [0.4, 0.5) is 0 Å². The van der Waals surface area contributed by atoms with E-state index in [9.17, 15) is 47.9 Å². The Morgan fingerprint density at radius 3 is 1.23 bits per heavy atom. The van der Waals surface area contributed by atoms with E-state index < -0.39 is 76.8 Å². The Morgan fingerprint density at radius 2 is 0.922 bits per heavy atom. The molecule has 4 aliphatic heterocycles. The Kier molecular flexibility index (Phi) is 42.8. The van der Waals surface area contributed by atoms with E-state index in [0.717, 1.165) is 113 Å². The molecule has 3 N–H and O–H groups in total. The minimum atomic E-state index is -1.77. The SMILES string of the molecule is CC(=O)OOC(C)=O.CNC(=O)[C@@](C)(C(=O)COC1CCCCO1)N(C)C(=O)c1ccc(C#Cc2ccc(C=O)cc2)cc1.CNC(=O)[C@@](C)(C(=O)COC1CCCCO1)N(C)C(=O)c1ccc(C#Cc2ccc(CN3CCC(OC)CC3)cc2)cc1.COC1CCNCC1.Cl.[B-]OC(C)=O.[Na+]. The summed E-state index contributed by atoms with van der Waals surface area (Å²) in [6.07, 6.45) is 10.3. The number of carbonyl (C=O) groups excluding carboxylic acids is 10. The average molecular weight is 1440 g/mol. The van der Waals surface area contributed by atoms with Crippen molar-refractivity contribution in [3.05, 3.63) is 142 Å². The Labute approximate surface area is 628 Å². The summed E-state index contributed by atoms with van der Waals surface area (Å²) in [5, 5.41) is 8.27. The van der Waals surface area contributed by atoms with Gasteiger partial charge in [0, 0.05) is 135 Å². The maximum absolute atomic E-state index is 13.4. The molecule has 4 aliphatic rings. The third kappa shape index (κ3) is 30.3. The number of nitrogens with zero attached hydrogens (tertiary/aromatic N) is 3. The molecule has 28 heteroatoms. The zero-order valence-electron chi connectivity index (χ0n) is 60.6. The third-order valence-corrected chi connectivity index (χ3v) is 16.8. The number of hydrogen-bond acceptors (Lipinski definition) is 21. The molecule has 547 valence electrons. The van der Waals surface area contributed by atoms with Crippen LogP contribution in [0.1, 0.15) is 158 Å². The topological polar surface area (TPSA) is 300 Å². The van der Waals surface area contributed by atoms with Gasteiger partial charge in [-0.3, -0.25) is 43.3 Å². The van der Waals surface area contributed by atoms with Crippen molar-refractivity contribution in [2.45, 2.75) is 141 Å². The first kappa shape index (κ1) is 90.4. The number of Topliss-reactive ketones (excluding diaryl/α,β-unsaturated/α-hetero) is 2. The Hall–Kier alpha value is -7.67. The van der Waals surface area contributed by atoms with Gasteiger partial charge in [0.1, 0.15) is 19.5 Å². The molecule has 4 aromatic rings. The molecule has 4 heterocycles. The van der Waals surface area contributed by atoms with Crippen LogP contribution in [0, 0.1) is 23.7 Å². The fourth-order valence-corrected chi connectivity index (χ4v) is 10.2. The zero-order chi connectivity index (χ0) is 73.6. The molecule has 0 spiro atoms. The number of carbonyl (C=O) groups is 10. The van der Waals surface area contributed by atoms with Crippen LogP contribution in [0.3, 0.4) is 0 Å². The fraction of sp³-hybridized carbons (Fsp3) is 0.486. The zero-order valence-corrected chi connectivity index (χ0v) is 63.5. The number of methoxy groups -OCH3 is 2. The van der Waals surface area contributed by atoms with E-state index >= 15 is 0 Å². The van der Waals surface area contributed by atoms with Crippen molar-refractivity contribution >= 4 is 79.8 Å². The molecule has 0 aliphatic carbocycles. The number of rotatable bonds is 19. The van der Waals surface area contributed by atoms with Crippen molar-refractivity contribution in [3.63, 3.8) is 0 Å². The number of amides is 4. The quantitative estimate of drug-likeness (QED) is 0.0302. The molecule has 2 unspecified atom stereocenters. The van der Waals surface area contributed by atoms with Crippen LogP contribution in [0.5, 0.6) is 0 Å². The number of ketones is 2. The van der Waals surface area contributed by atoms with Crippen molar-refractivity contribution < 1.29 is 120 Å². The van der Waals surface area contributed by atoms with Crippen molar-refractivity contribution in [2.75, 3.05) is 95.0 Å². The smallest absolute Gasteiger partial charge is 0.793 e. The molecule has 4 saturated heterocycles. The van der Waals surface area contributed by atoms with Gasteiger partial charge in [0.05, 0.1) is 12.2 Å². The minimum Gasteiger partial charge on any atom is -0.793 e. The van der Waals surface area contributed by atoms with Gasteiger partial charge in [-0.2, -0.15) is 0 Å². The Balaban J connectivity index is 0.000000534. The van der Waals surface area contributed by atoms with Gasteiger partial charge in [0.15, 0.2) is 35.2 Å². The molecular formula is C74H96BClN6NaO19. The second-order valence-corrected chi connectivity index (χ2v) is 23.8. The molecule has 0 aromatic heterocycles. The van der Waals surface area contributed by atoms with Crippen LogP contribution in [-0.4, -0.2) is 213 Å². The number of piperidine rings is 2. The molecule has 4 atom stereocenters. The van der Waals surface area contributed by atoms with Crippen LogP contribution >= 0.6 is 12.4 Å². The molecule has 4 aromatic carbocycles. The summed E-state index contributed by atoms with van der Waals surface area (Å²) in [7, 11) is 13.6. The van der Waals surface area contributed by atoms with E-state index in [0.29, 0.717) is 60.5 Å². The van der Waals surface area contributed by atoms with Crippen LogP contribution in [0.25, 0.3) is 0 Å². The van der Waals surface area contributed by atoms with Crippen LogP contribution in [0.15, 0.2) is 97.1 Å². The van der Waals surface area contributed by atoms with Gasteiger partial charge in [0.25, 0.3) is 23.6 Å². The van der Waals surface area contributed by atoms with Crippen molar-refractivity contribution in [2.24, 2.45) is 0 Å². The molecule has 8 rings (SSSR count). The second-order valence-electron chi connectivity index (χ2n) is 23.8. The number of halogens is 1. The number of nitrogens with one attached hydrogen (secondary N) is 3. The molecule has 0 saturated carbocycles. The van der Waals surface area contributed by atoms with Gasteiger partial charge in [-0.05, 0) is 170 Å². The molecular weight excluding hydrogens is 1350 g/mol. The predicted molar refractivity (Wildman–Crippen MR) is 378 cm³/mol. The largest absolute Gasteiger partial charge is 1.00 e. The van der Waals surface area contributed by atoms with E-state index in [-0.39, 0.29) is 55.2 Å².